The van der Waals surface area contributed by atoms with Crippen molar-refractivity contribution in [2.24, 2.45) is 7.05 Å². The third-order valence-corrected chi connectivity index (χ3v) is 4.00. The van der Waals surface area contributed by atoms with Crippen LogP contribution in [0.2, 0.25) is 0 Å². The van der Waals surface area contributed by atoms with E-state index in [1.165, 1.54) is 5.56 Å². The molecule has 0 radical (unpaired) electrons. The molecular formula is C15H18N4O. The molecule has 104 valence electrons. The largest absolute Gasteiger partial charge is 0.399 e. The highest BCUT2D eigenvalue weighted by atomic mass is 16.2. The summed E-state index contributed by atoms with van der Waals surface area (Å²) in [5, 5.41) is 4.14. The Morgan fingerprint density at radius 3 is 2.85 bits per heavy atom. The molecule has 3 rings (SSSR count). The minimum Gasteiger partial charge on any atom is -0.399 e. The third-order valence-electron chi connectivity index (χ3n) is 4.00. The van der Waals surface area contributed by atoms with E-state index in [0.717, 1.165) is 29.9 Å². The van der Waals surface area contributed by atoms with Gasteiger partial charge in [-0.2, -0.15) is 5.10 Å². The van der Waals surface area contributed by atoms with Crippen LogP contribution in [0.15, 0.2) is 24.4 Å². The van der Waals surface area contributed by atoms with Crippen molar-refractivity contribution in [3.05, 3.63) is 46.8 Å². The molecule has 20 heavy (non-hydrogen) atoms. The number of anilines is 1. The molecule has 1 aromatic carbocycles. The minimum atomic E-state index is 0.0451. The lowest BCUT2D eigenvalue weighted by Crippen LogP contribution is -2.36. The fourth-order valence-electron chi connectivity index (χ4n) is 2.63. The SMILES string of the molecule is Cc1c(C(=O)N2CCc3ccc(N)cc3C2)cnn1C. The predicted octanol–water partition coefficient (Wildman–Crippen LogP) is 1.51. The summed E-state index contributed by atoms with van der Waals surface area (Å²) in [5.41, 5.74) is 10.6. The number of nitrogens with zero attached hydrogens (tertiary/aromatic N) is 3. The van der Waals surface area contributed by atoms with Crippen molar-refractivity contribution < 1.29 is 4.79 Å². The number of aryl methyl sites for hydroxylation is 1. The lowest BCUT2D eigenvalue weighted by atomic mass is 9.98. The molecule has 0 saturated heterocycles. The van der Waals surface area contributed by atoms with Crippen LogP contribution in [0.4, 0.5) is 5.69 Å². The first-order valence-electron chi connectivity index (χ1n) is 6.71. The van der Waals surface area contributed by atoms with Crippen LogP contribution in [0.1, 0.15) is 27.2 Å². The Labute approximate surface area is 118 Å². The van der Waals surface area contributed by atoms with E-state index < -0.39 is 0 Å². The van der Waals surface area contributed by atoms with Gasteiger partial charge in [0, 0.05) is 31.5 Å². The fraction of sp³-hybridized carbons (Fsp3) is 0.333. The zero-order valence-electron chi connectivity index (χ0n) is 11.8. The van der Waals surface area contributed by atoms with Crippen molar-refractivity contribution in [2.75, 3.05) is 12.3 Å². The van der Waals surface area contributed by atoms with Gasteiger partial charge in [0.2, 0.25) is 0 Å². The van der Waals surface area contributed by atoms with E-state index in [2.05, 4.69) is 11.2 Å². The van der Waals surface area contributed by atoms with Gasteiger partial charge in [-0.1, -0.05) is 6.07 Å². The number of amides is 1. The standard InChI is InChI=1S/C15H18N4O/c1-10-14(8-17-18(10)2)15(20)19-6-5-11-3-4-13(16)7-12(11)9-19/h3-4,7-8H,5-6,9,16H2,1-2H3. The first-order chi connectivity index (χ1) is 9.56. The summed E-state index contributed by atoms with van der Waals surface area (Å²) in [6.45, 7) is 3.27. The highest BCUT2D eigenvalue weighted by Gasteiger charge is 2.24. The van der Waals surface area contributed by atoms with E-state index in [-0.39, 0.29) is 5.91 Å². The van der Waals surface area contributed by atoms with Crippen molar-refractivity contribution in [1.29, 1.82) is 0 Å². The topological polar surface area (TPSA) is 64.2 Å². The molecule has 0 unspecified atom stereocenters. The number of nitrogen functional groups attached to an aromatic ring is 1. The number of carbonyl (C=O) groups is 1. The number of carbonyl (C=O) groups excluding carboxylic acids is 1. The molecule has 0 saturated carbocycles. The van der Waals surface area contributed by atoms with Crippen LogP contribution in [0, 0.1) is 6.92 Å². The van der Waals surface area contributed by atoms with Crippen molar-refractivity contribution in [3.8, 4) is 0 Å². The minimum absolute atomic E-state index is 0.0451. The van der Waals surface area contributed by atoms with E-state index in [9.17, 15) is 4.79 Å². The molecular weight excluding hydrogens is 252 g/mol. The third kappa shape index (κ3) is 2.05. The molecule has 2 heterocycles. The quantitative estimate of drug-likeness (QED) is 0.799. The molecule has 0 bridgehead atoms. The van der Waals surface area contributed by atoms with Gasteiger partial charge in [0.1, 0.15) is 0 Å². The van der Waals surface area contributed by atoms with Crippen molar-refractivity contribution in [2.45, 2.75) is 19.9 Å². The van der Waals surface area contributed by atoms with E-state index in [1.807, 2.05) is 31.0 Å². The zero-order chi connectivity index (χ0) is 14.3. The molecule has 0 aliphatic carbocycles. The first kappa shape index (κ1) is 12.7. The van der Waals surface area contributed by atoms with Gasteiger partial charge in [-0.15, -0.1) is 0 Å². The summed E-state index contributed by atoms with van der Waals surface area (Å²) >= 11 is 0. The number of fused-ring (bicyclic) bond motifs is 1. The molecule has 5 nitrogen and oxygen atoms in total. The smallest absolute Gasteiger partial charge is 0.257 e. The number of hydrogen-bond donors (Lipinski definition) is 1. The van der Waals surface area contributed by atoms with Crippen molar-refractivity contribution in [3.63, 3.8) is 0 Å². The normalized spacial score (nSPS) is 14.2. The number of rotatable bonds is 1. The Morgan fingerprint density at radius 1 is 1.35 bits per heavy atom. The molecule has 1 aliphatic rings. The number of benzene rings is 1. The Morgan fingerprint density at radius 2 is 2.15 bits per heavy atom. The molecule has 0 fully saturated rings. The van der Waals surface area contributed by atoms with Crippen LogP contribution < -0.4 is 5.73 Å². The van der Waals surface area contributed by atoms with Gasteiger partial charge in [-0.25, -0.2) is 0 Å². The van der Waals surface area contributed by atoms with Gasteiger partial charge in [-0.3, -0.25) is 9.48 Å². The van der Waals surface area contributed by atoms with Gasteiger partial charge in [0.15, 0.2) is 0 Å². The van der Waals surface area contributed by atoms with E-state index in [0.29, 0.717) is 12.1 Å². The van der Waals surface area contributed by atoms with E-state index >= 15 is 0 Å². The summed E-state index contributed by atoms with van der Waals surface area (Å²) in [6, 6.07) is 5.94. The molecule has 1 aromatic heterocycles. The molecule has 2 N–H and O–H groups in total. The van der Waals surface area contributed by atoms with Gasteiger partial charge in [0.25, 0.3) is 5.91 Å². The average Bonchev–Trinajstić information content (AvgIpc) is 2.77. The second kappa shape index (κ2) is 4.67. The molecule has 1 amide bonds. The maximum Gasteiger partial charge on any atom is 0.257 e. The summed E-state index contributed by atoms with van der Waals surface area (Å²) in [4.78, 5) is 14.4. The van der Waals surface area contributed by atoms with Crippen LogP contribution >= 0.6 is 0 Å². The summed E-state index contributed by atoms with van der Waals surface area (Å²) in [5.74, 6) is 0.0451. The molecule has 1 aliphatic heterocycles. The highest BCUT2D eigenvalue weighted by Crippen LogP contribution is 2.23. The number of hydrogen-bond acceptors (Lipinski definition) is 3. The monoisotopic (exact) mass is 270 g/mol. The van der Waals surface area contributed by atoms with Crippen LogP contribution in [-0.2, 0) is 20.0 Å². The van der Waals surface area contributed by atoms with Gasteiger partial charge < -0.3 is 10.6 Å². The average molecular weight is 270 g/mol. The fourth-order valence-corrected chi connectivity index (χ4v) is 2.63. The highest BCUT2D eigenvalue weighted by molar-refractivity contribution is 5.95. The van der Waals surface area contributed by atoms with Gasteiger partial charge in [0.05, 0.1) is 11.8 Å². The van der Waals surface area contributed by atoms with E-state index in [1.54, 1.807) is 10.9 Å². The molecule has 0 atom stereocenters. The van der Waals surface area contributed by atoms with Crippen LogP contribution in [0.3, 0.4) is 0 Å². The van der Waals surface area contributed by atoms with Crippen molar-refractivity contribution in [1.82, 2.24) is 14.7 Å². The summed E-state index contributed by atoms with van der Waals surface area (Å²) < 4.78 is 1.73. The lowest BCUT2D eigenvalue weighted by molar-refractivity contribution is 0.0734. The Bertz CT molecular complexity index is 675. The van der Waals surface area contributed by atoms with Crippen LogP contribution in [0.25, 0.3) is 0 Å². The Balaban J connectivity index is 1.86. The number of aromatic nitrogens is 2. The summed E-state index contributed by atoms with van der Waals surface area (Å²) in [6.07, 6.45) is 2.52. The van der Waals surface area contributed by atoms with Crippen LogP contribution in [0.5, 0.6) is 0 Å². The van der Waals surface area contributed by atoms with Gasteiger partial charge >= 0.3 is 0 Å². The predicted molar refractivity (Wildman–Crippen MR) is 77.2 cm³/mol. The second-order valence-electron chi connectivity index (χ2n) is 5.27. The zero-order valence-corrected chi connectivity index (χ0v) is 11.8. The van der Waals surface area contributed by atoms with Gasteiger partial charge in [-0.05, 0) is 36.6 Å². The van der Waals surface area contributed by atoms with Crippen molar-refractivity contribution >= 4 is 11.6 Å². The maximum absolute atomic E-state index is 12.6. The maximum atomic E-state index is 12.6. The van der Waals surface area contributed by atoms with Crippen LogP contribution in [-0.4, -0.2) is 27.1 Å². The molecule has 2 aromatic rings. The Kier molecular flexibility index (Phi) is 2.97. The van der Waals surface area contributed by atoms with E-state index in [4.69, 9.17) is 5.73 Å². The summed E-state index contributed by atoms with van der Waals surface area (Å²) in [7, 11) is 1.85. The second-order valence-corrected chi connectivity index (χ2v) is 5.27. The first-order valence-corrected chi connectivity index (χ1v) is 6.71. The lowest BCUT2D eigenvalue weighted by Gasteiger charge is -2.29. The molecule has 5 heteroatoms. The molecule has 0 spiro atoms. The number of nitrogens with two attached hydrogens (primary N) is 1. The Hall–Kier alpha value is -2.30.